The van der Waals surface area contributed by atoms with Crippen molar-refractivity contribution in [2.75, 3.05) is 5.32 Å². The fraction of sp³-hybridized carbons (Fsp3) is 0. The molecule has 0 aromatic heterocycles. The van der Waals surface area contributed by atoms with Crippen LogP contribution in [0.5, 0.6) is 0 Å². The highest BCUT2D eigenvalue weighted by molar-refractivity contribution is 7.54. The lowest BCUT2D eigenvalue weighted by atomic mass is 10.3. The van der Waals surface area contributed by atoms with Crippen LogP contribution in [0.1, 0.15) is 0 Å². The van der Waals surface area contributed by atoms with Crippen LogP contribution in [0.3, 0.4) is 0 Å². The van der Waals surface area contributed by atoms with E-state index in [2.05, 4.69) is 5.32 Å². The maximum atomic E-state index is 9.00. The predicted octanol–water partition coefficient (Wildman–Crippen LogP) is 2.35. The third-order valence-electron chi connectivity index (χ3n) is 2.16. The highest BCUT2D eigenvalue weighted by Gasteiger charge is 2.02. The molecule has 0 spiro atoms. The van der Waals surface area contributed by atoms with E-state index in [1.807, 2.05) is 42.5 Å². The van der Waals surface area contributed by atoms with E-state index < -0.39 is 8.38 Å². The molecule has 2 aromatic rings. The summed E-state index contributed by atoms with van der Waals surface area (Å²) in [6, 6.07) is 16.9. The van der Waals surface area contributed by atoms with Crippen molar-refractivity contribution >= 4 is 25.1 Å². The van der Waals surface area contributed by atoms with Crippen molar-refractivity contribution in [3.05, 3.63) is 54.6 Å². The smallest absolute Gasteiger partial charge is 0.199 e. The van der Waals surface area contributed by atoms with Gasteiger partial charge in [-0.3, -0.25) is 0 Å². The van der Waals surface area contributed by atoms with E-state index >= 15 is 0 Å². The zero-order valence-electron chi connectivity index (χ0n) is 8.54. The fourth-order valence-electron chi connectivity index (χ4n) is 1.37. The maximum Gasteiger partial charge on any atom is 0.199 e. The van der Waals surface area contributed by atoms with Gasteiger partial charge in [-0.25, -0.2) is 0 Å². The first kappa shape index (κ1) is 11.1. The lowest BCUT2D eigenvalue weighted by Gasteiger charge is -2.07. The normalized spacial score (nSPS) is 10.4. The van der Waals surface area contributed by atoms with Crippen LogP contribution in [0.2, 0.25) is 0 Å². The Morgan fingerprint density at radius 1 is 0.750 bits per heavy atom. The molecule has 0 aliphatic rings. The molecule has 0 aliphatic carbocycles. The molecule has 4 heteroatoms. The first-order valence-corrected chi connectivity index (χ1v) is 6.10. The standard InChI is InChI=1S/C12H12NO2P/c14-16(15)12-8-6-11(7-9-12)13-10-4-2-1-3-5-10/h1-9,13-15H. The molecule has 3 N–H and O–H groups in total. The van der Waals surface area contributed by atoms with E-state index in [4.69, 9.17) is 9.79 Å². The van der Waals surface area contributed by atoms with Gasteiger partial charge in [-0.1, -0.05) is 18.2 Å². The summed E-state index contributed by atoms with van der Waals surface area (Å²) in [4.78, 5) is 18.0. The third-order valence-corrected chi connectivity index (χ3v) is 2.92. The molecule has 0 heterocycles. The van der Waals surface area contributed by atoms with E-state index in [9.17, 15) is 0 Å². The van der Waals surface area contributed by atoms with E-state index in [0.29, 0.717) is 5.30 Å². The molecule has 0 unspecified atom stereocenters. The summed E-state index contributed by atoms with van der Waals surface area (Å²) in [7, 11) is -2.00. The number of hydrogen-bond donors (Lipinski definition) is 3. The van der Waals surface area contributed by atoms with Crippen LogP contribution in [0.25, 0.3) is 0 Å². The van der Waals surface area contributed by atoms with Gasteiger partial charge >= 0.3 is 0 Å². The second-order valence-electron chi connectivity index (χ2n) is 3.33. The molecule has 3 nitrogen and oxygen atoms in total. The van der Waals surface area contributed by atoms with Gasteiger partial charge in [-0.15, -0.1) is 0 Å². The summed E-state index contributed by atoms with van der Waals surface area (Å²) in [6.45, 7) is 0. The molecular formula is C12H12NO2P. The maximum absolute atomic E-state index is 9.00. The number of hydrogen-bond acceptors (Lipinski definition) is 3. The van der Waals surface area contributed by atoms with Gasteiger partial charge in [0.2, 0.25) is 0 Å². The predicted molar refractivity (Wildman–Crippen MR) is 67.2 cm³/mol. The van der Waals surface area contributed by atoms with Crippen LogP contribution >= 0.6 is 8.38 Å². The van der Waals surface area contributed by atoms with E-state index in [-0.39, 0.29) is 0 Å². The molecule has 16 heavy (non-hydrogen) atoms. The van der Waals surface area contributed by atoms with Gasteiger partial charge in [-0.2, -0.15) is 0 Å². The van der Waals surface area contributed by atoms with Gasteiger partial charge in [0.15, 0.2) is 8.38 Å². The number of rotatable bonds is 3. The van der Waals surface area contributed by atoms with E-state index in [0.717, 1.165) is 11.4 Å². The molecule has 0 saturated heterocycles. The first-order chi connectivity index (χ1) is 7.75. The van der Waals surface area contributed by atoms with Gasteiger partial charge in [0.25, 0.3) is 0 Å². The van der Waals surface area contributed by atoms with Crippen molar-refractivity contribution in [2.45, 2.75) is 0 Å². The minimum Gasteiger partial charge on any atom is -0.356 e. The Morgan fingerprint density at radius 3 is 1.88 bits per heavy atom. The quantitative estimate of drug-likeness (QED) is 0.713. The Labute approximate surface area is 95.3 Å². The fourth-order valence-corrected chi connectivity index (χ4v) is 1.78. The minimum atomic E-state index is -2.00. The molecule has 0 radical (unpaired) electrons. The monoisotopic (exact) mass is 233 g/mol. The first-order valence-electron chi connectivity index (χ1n) is 4.86. The van der Waals surface area contributed by atoms with Crippen molar-refractivity contribution < 1.29 is 9.79 Å². The van der Waals surface area contributed by atoms with E-state index in [1.54, 1.807) is 12.1 Å². The summed E-state index contributed by atoms with van der Waals surface area (Å²) < 4.78 is 0. The molecule has 0 fully saturated rings. The van der Waals surface area contributed by atoms with Crippen LogP contribution in [-0.2, 0) is 0 Å². The Morgan fingerprint density at radius 2 is 1.31 bits per heavy atom. The molecule has 2 aromatic carbocycles. The van der Waals surface area contributed by atoms with Gasteiger partial charge in [0, 0.05) is 16.7 Å². The molecule has 0 atom stereocenters. The van der Waals surface area contributed by atoms with Crippen molar-refractivity contribution in [1.82, 2.24) is 0 Å². The Hall–Kier alpha value is -1.41. The zero-order valence-corrected chi connectivity index (χ0v) is 9.43. The van der Waals surface area contributed by atoms with Gasteiger partial charge < -0.3 is 15.1 Å². The van der Waals surface area contributed by atoms with Crippen molar-refractivity contribution in [1.29, 1.82) is 0 Å². The second kappa shape index (κ2) is 5.08. The molecule has 82 valence electrons. The molecular weight excluding hydrogens is 221 g/mol. The van der Waals surface area contributed by atoms with Gasteiger partial charge in [-0.05, 0) is 36.4 Å². The molecule has 0 saturated carbocycles. The summed E-state index contributed by atoms with van der Waals surface area (Å²) in [5.41, 5.74) is 1.93. The summed E-state index contributed by atoms with van der Waals surface area (Å²) in [6.07, 6.45) is 0. The van der Waals surface area contributed by atoms with Crippen LogP contribution in [0, 0.1) is 0 Å². The van der Waals surface area contributed by atoms with Crippen LogP contribution < -0.4 is 10.6 Å². The van der Waals surface area contributed by atoms with Crippen LogP contribution in [0.4, 0.5) is 11.4 Å². The molecule has 0 aliphatic heterocycles. The number of para-hydroxylation sites is 1. The van der Waals surface area contributed by atoms with Crippen molar-refractivity contribution in [2.24, 2.45) is 0 Å². The number of anilines is 2. The zero-order chi connectivity index (χ0) is 11.4. The lowest BCUT2D eigenvalue weighted by molar-refractivity contribution is 0.497. The van der Waals surface area contributed by atoms with Crippen LogP contribution in [0.15, 0.2) is 54.6 Å². The van der Waals surface area contributed by atoms with Gasteiger partial charge in [0.05, 0.1) is 0 Å². The SMILES string of the molecule is OP(O)c1ccc(Nc2ccccc2)cc1. The average Bonchev–Trinajstić information content (AvgIpc) is 2.31. The topological polar surface area (TPSA) is 52.5 Å². The minimum absolute atomic E-state index is 0.550. The molecule has 0 bridgehead atoms. The Kier molecular flexibility index (Phi) is 3.52. The lowest BCUT2D eigenvalue weighted by Crippen LogP contribution is -1.99. The Bertz CT molecular complexity index is 442. The average molecular weight is 233 g/mol. The second-order valence-corrected chi connectivity index (χ2v) is 4.42. The Balaban J connectivity index is 2.11. The highest BCUT2D eigenvalue weighted by atomic mass is 31.2. The summed E-state index contributed by atoms with van der Waals surface area (Å²) in [5.74, 6) is 0. The van der Waals surface area contributed by atoms with Gasteiger partial charge in [0.1, 0.15) is 0 Å². The molecule has 2 rings (SSSR count). The van der Waals surface area contributed by atoms with Crippen molar-refractivity contribution in [3.63, 3.8) is 0 Å². The molecule has 0 amide bonds. The summed E-state index contributed by atoms with van der Waals surface area (Å²) >= 11 is 0. The number of nitrogens with one attached hydrogen (secondary N) is 1. The van der Waals surface area contributed by atoms with Crippen molar-refractivity contribution in [3.8, 4) is 0 Å². The highest BCUT2D eigenvalue weighted by Crippen LogP contribution is 2.23. The van der Waals surface area contributed by atoms with E-state index in [1.165, 1.54) is 0 Å². The third kappa shape index (κ3) is 2.80. The van der Waals surface area contributed by atoms with Crippen LogP contribution in [-0.4, -0.2) is 9.79 Å². The number of benzene rings is 2. The summed E-state index contributed by atoms with van der Waals surface area (Å²) in [5, 5.41) is 3.76. The largest absolute Gasteiger partial charge is 0.356 e.